The van der Waals surface area contributed by atoms with E-state index in [0.29, 0.717) is 6.54 Å². The van der Waals surface area contributed by atoms with Gasteiger partial charge in [0.15, 0.2) is 0 Å². The highest BCUT2D eigenvalue weighted by Gasteiger charge is 2.19. The lowest BCUT2D eigenvalue weighted by atomic mass is 10.6. The number of halogens is 1. The maximum Gasteiger partial charge on any atom is 0.0944 e. The van der Waals surface area contributed by atoms with Crippen molar-refractivity contribution in [3.63, 3.8) is 0 Å². The van der Waals surface area contributed by atoms with Gasteiger partial charge in [-0.2, -0.15) is 0 Å². The van der Waals surface area contributed by atoms with E-state index in [9.17, 15) is 0 Å². The molecule has 1 rings (SSSR count). The Kier molecular flexibility index (Phi) is 2.28. The van der Waals surface area contributed by atoms with Gasteiger partial charge < -0.3 is 10.5 Å². The summed E-state index contributed by atoms with van der Waals surface area (Å²) in [7, 11) is 0. The molecule has 0 aliphatic carbocycles. The first-order valence-electron chi connectivity index (χ1n) is 4.82. The Bertz CT molecular complexity index is 219. The fourth-order valence-corrected chi connectivity index (χ4v) is 0.141. The van der Waals surface area contributed by atoms with Crippen LogP contribution >= 0.6 is 11.6 Å². The summed E-state index contributed by atoms with van der Waals surface area (Å²) < 4.78 is 38.3. The average molecular weight is 155 g/mol. The molecule has 1 aliphatic rings. The highest BCUT2D eigenvalue weighted by molar-refractivity contribution is 6.18. The van der Waals surface area contributed by atoms with Gasteiger partial charge in [0.05, 0.1) is 22.6 Å². The number of nitrogens with two attached hydrogens (primary N) is 1. The Balaban J connectivity index is 0.000000364. The van der Waals surface area contributed by atoms with E-state index in [2.05, 4.69) is 11.3 Å². The van der Waals surface area contributed by atoms with Gasteiger partial charge in [0, 0.05) is 9.29 Å². The predicted molar refractivity (Wildman–Crippen MR) is 39.7 cm³/mol. The van der Waals surface area contributed by atoms with Gasteiger partial charge in [-0.1, -0.05) is 6.08 Å². The molecule has 3 heteroatoms. The fourth-order valence-electron chi connectivity index (χ4n) is 0.0641. The Morgan fingerprint density at radius 2 is 2.78 bits per heavy atom. The van der Waals surface area contributed by atoms with Crippen LogP contribution in [0.2, 0.25) is 0 Å². The average Bonchev–Trinajstić information content (AvgIpc) is 2.52. The minimum atomic E-state index is -2.48. The molecular formula is C6H12ClNO. The lowest BCUT2D eigenvalue weighted by Gasteiger charge is -1.67. The van der Waals surface area contributed by atoms with E-state index in [-0.39, 0.29) is 0 Å². The van der Waals surface area contributed by atoms with Crippen LogP contribution in [0.1, 0.15) is 6.85 Å². The van der Waals surface area contributed by atoms with E-state index in [1.807, 2.05) is 0 Å². The smallest absolute Gasteiger partial charge is 0.0944 e. The van der Waals surface area contributed by atoms with Crippen molar-refractivity contribution in [2.24, 2.45) is 5.73 Å². The second-order valence-electron chi connectivity index (χ2n) is 1.15. The molecule has 0 aromatic heterocycles. The maximum absolute atomic E-state index is 6.99. The number of hydrogen-bond donors (Lipinski definition) is 1. The van der Waals surface area contributed by atoms with E-state index >= 15 is 0 Å². The molecule has 1 fully saturated rings. The summed E-state index contributed by atoms with van der Waals surface area (Å²) in [5.74, 6) is -2.48. The van der Waals surface area contributed by atoms with E-state index < -0.39 is 18.5 Å². The molecule has 2 N–H and O–H groups in total. The van der Waals surface area contributed by atoms with Gasteiger partial charge in [-0.3, -0.25) is 0 Å². The van der Waals surface area contributed by atoms with Crippen molar-refractivity contribution in [1.82, 2.24) is 0 Å². The highest BCUT2D eigenvalue weighted by atomic mass is 35.5. The van der Waals surface area contributed by atoms with E-state index in [0.717, 1.165) is 0 Å². The quantitative estimate of drug-likeness (QED) is 0.362. The lowest BCUT2D eigenvalue weighted by molar-refractivity contribution is 0.425. The summed E-state index contributed by atoms with van der Waals surface area (Å²) >= 11 is 5.04. The minimum Gasteiger partial charge on any atom is -0.372 e. The minimum absolute atomic E-state index is 0.583. The molecule has 1 atom stereocenters. The molecule has 0 spiro atoms. The monoisotopic (exact) mass is 154 g/mol. The number of hydrogen-bond acceptors (Lipinski definition) is 2. The van der Waals surface area contributed by atoms with Crippen LogP contribution in [0.5, 0.6) is 0 Å². The molecule has 0 saturated carbocycles. The lowest BCUT2D eigenvalue weighted by Crippen LogP contribution is -1.90. The van der Waals surface area contributed by atoms with Crippen LogP contribution in [0.4, 0.5) is 0 Å². The Morgan fingerprint density at radius 3 is 2.78 bits per heavy atom. The van der Waals surface area contributed by atoms with Gasteiger partial charge in [0.25, 0.3) is 0 Å². The van der Waals surface area contributed by atoms with Gasteiger partial charge in [-0.25, -0.2) is 0 Å². The Labute approximate surface area is 67.7 Å². The number of alkyl halides is 1. The van der Waals surface area contributed by atoms with Gasteiger partial charge in [-0.05, 0) is 0 Å². The predicted octanol–water partition coefficient (Wildman–Crippen LogP) is 0.755. The van der Waals surface area contributed by atoms with Crippen LogP contribution in [0.3, 0.4) is 0 Å². The van der Waals surface area contributed by atoms with Crippen molar-refractivity contribution in [1.29, 1.82) is 0 Å². The summed E-state index contributed by atoms with van der Waals surface area (Å²) in [5.41, 5.74) is 4.91. The highest BCUT2D eigenvalue weighted by Crippen LogP contribution is 2.08. The van der Waals surface area contributed by atoms with Crippen molar-refractivity contribution in [2.45, 2.75) is 6.08 Å². The van der Waals surface area contributed by atoms with Crippen molar-refractivity contribution >= 4 is 11.6 Å². The molecule has 1 unspecified atom stereocenters. The first-order valence-corrected chi connectivity index (χ1v) is 2.70. The van der Waals surface area contributed by atoms with Crippen molar-refractivity contribution < 1.29 is 11.6 Å². The first kappa shape index (κ1) is 3.37. The largest absolute Gasteiger partial charge is 0.372 e. The van der Waals surface area contributed by atoms with Crippen LogP contribution in [-0.4, -0.2) is 25.0 Å². The zero-order chi connectivity index (χ0) is 11.6. The Morgan fingerprint density at radius 1 is 2.33 bits per heavy atom. The molecule has 0 bridgehead atoms. The third-order valence-corrected chi connectivity index (χ3v) is 0.628. The summed E-state index contributed by atoms with van der Waals surface area (Å²) in [4.78, 5) is 0. The maximum atomic E-state index is 6.99. The Hall–Kier alpha value is -0.0500. The number of epoxide rings is 1. The first-order chi connectivity index (χ1) is 6.12. The molecule has 9 heavy (non-hydrogen) atoms. The SMILES string of the molecule is C=CCN.[2H]C([2H])(Cl)C1([2H])OC1([2H])[2H]. The van der Waals surface area contributed by atoms with E-state index in [1.54, 1.807) is 6.08 Å². The molecule has 0 amide bonds. The second-order valence-corrected chi connectivity index (χ2v) is 1.34. The zero-order valence-corrected chi connectivity index (χ0v) is 5.61. The molecule has 0 aromatic rings. The molecule has 1 saturated heterocycles. The van der Waals surface area contributed by atoms with Crippen molar-refractivity contribution in [2.75, 3.05) is 18.9 Å². The van der Waals surface area contributed by atoms with Crippen molar-refractivity contribution in [3.05, 3.63) is 12.7 Å². The number of rotatable bonds is 2. The molecule has 1 aliphatic heterocycles. The van der Waals surface area contributed by atoms with Gasteiger partial charge in [0.2, 0.25) is 0 Å². The third-order valence-electron chi connectivity index (χ3n) is 0.457. The standard InChI is InChI=1S/C3H5ClO.C3H7N/c4-1-3-2-5-3;1-2-3-4/h3H,1-2H2;2H,1,3-4H2/i1D2,2D2,3D;. The number of ether oxygens (including phenoxy) is 1. The van der Waals surface area contributed by atoms with Gasteiger partial charge in [0.1, 0.15) is 0 Å². The molecule has 0 radical (unpaired) electrons. The van der Waals surface area contributed by atoms with Crippen LogP contribution < -0.4 is 5.73 Å². The molecule has 0 aromatic carbocycles. The molecular weight excluding hydrogens is 138 g/mol. The van der Waals surface area contributed by atoms with Crippen LogP contribution in [0, 0.1) is 0 Å². The second kappa shape index (κ2) is 6.08. The normalized spacial score (nSPS) is 45.3. The van der Waals surface area contributed by atoms with Crippen LogP contribution in [-0.2, 0) is 4.74 Å². The van der Waals surface area contributed by atoms with E-state index in [4.69, 9.17) is 24.2 Å². The fraction of sp³-hybridized carbons (Fsp3) is 0.667. The summed E-state index contributed by atoms with van der Waals surface area (Å²) in [6, 6.07) is 0. The van der Waals surface area contributed by atoms with E-state index in [1.165, 1.54) is 0 Å². The topological polar surface area (TPSA) is 38.5 Å². The van der Waals surface area contributed by atoms with Crippen molar-refractivity contribution in [3.8, 4) is 0 Å². The van der Waals surface area contributed by atoms with Crippen LogP contribution in [0.15, 0.2) is 12.7 Å². The van der Waals surface area contributed by atoms with Gasteiger partial charge in [-0.15, -0.1) is 18.2 Å². The third kappa shape index (κ3) is 7.95. The van der Waals surface area contributed by atoms with Crippen LogP contribution in [0.25, 0.3) is 0 Å². The molecule has 2 nitrogen and oxygen atoms in total. The van der Waals surface area contributed by atoms with Gasteiger partial charge >= 0.3 is 0 Å². The summed E-state index contributed by atoms with van der Waals surface area (Å²) in [6.07, 6.45) is -0.582. The zero-order valence-electron chi connectivity index (χ0n) is 9.86. The molecule has 1 heterocycles. The molecule has 54 valence electrons. The summed E-state index contributed by atoms with van der Waals surface area (Å²) in [5, 5.41) is 0. The summed E-state index contributed by atoms with van der Waals surface area (Å²) in [6.45, 7) is 1.69.